The number of hydrogen-bond donors (Lipinski definition) is 1. The van der Waals surface area contributed by atoms with Crippen molar-refractivity contribution in [3.05, 3.63) is 69.4 Å². The molecule has 21 heavy (non-hydrogen) atoms. The van der Waals surface area contributed by atoms with Crippen LogP contribution in [0.3, 0.4) is 0 Å². The van der Waals surface area contributed by atoms with Gasteiger partial charge in [0.05, 0.1) is 4.47 Å². The maximum Gasteiger partial charge on any atom is 0.137 e. The molecule has 0 fully saturated rings. The lowest BCUT2D eigenvalue weighted by Crippen LogP contribution is -2.40. The Morgan fingerprint density at radius 2 is 2.00 bits per heavy atom. The van der Waals surface area contributed by atoms with Crippen LogP contribution in [0.15, 0.2) is 46.9 Å². The van der Waals surface area contributed by atoms with Crippen molar-refractivity contribution in [3.63, 3.8) is 0 Å². The van der Waals surface area contributed by atoms with E-state index >= 15 is 0 Å². The number of halogens is 2. The molecule has 110 valence electrons. The largest absolute Gasteiger partial charge is 0.330 e. The molecule has 3 rings (SSSR count). The zero-order valence-corrected chi connectivity index (χ0v) is 13.5. The minimum atomic E-state index is -0.218. The van der Waals surface area contributed by atoms with Crippen molar-refractivity contribution >= 4 is 15.9 Å². The lowest BCUT2D eigenvalue weighted by molar-refractivity contribution is 0.365. The molecule has 0 amide bonds. The fourth-order valence-corrected chi connectivity index (χ4v) is 3.94. The van der Waals surface area contributed by atoms with Gasteiger partial charge in [-0.2, -0.15) is 0 Å². The van der Waals surface area contributed by atoms with Gasteiger partial charge in [-0.3, -0.25) is 0 Å². The highest BCUT2D eigenvalue weighted by Gasteiger charge is 2.35. The van der Waals surface area contributed by atoms with Gasteiger partial charge in [0.2, 0.25) is 0 Å². The van der Waals surface area contributed by atoms with Crippen molar-refractivity contribution in [2.24, 2.45) is 5.73 Å². The number of aryl methyl sites for hydroxylation is 1. The van der Waals surface area contributed by atoms with E-state index in [-0.39, 0.29) is 11.2 Å². The van der Waals surface area contributed by atoms with Gasteiger partial charge in [-0.05, 0) is 70.4 Å². The van der Waals surface area contributed by atoms with Crippen LogP contribution >= 0.6 is 15.9 Å². The first kappa shape index (κ1) is 14.7. The van der Waals surface area contributed by atoms with Crippen molar-refractivity contribution in [2.45, 2.75) is 31.1 Å². The van der Waals surface area contributed by atoms with E-state index < -0.39 is 0 Å². The number of nitrogens with two attached hydrogens (primary N) is 1. The molecule has 0 bridgehead atoms. The van der Waals surface area contributed by atoms with Gasteiger partial charge in [0.25, 0.3) is 0 Å². The summed E-state index contributed by atoms with van der Waals surface area (Å²) < 4.78 is 13.9. The van der Waals surface area contributed by atoms with E-state index in [9.17, 15) is 4.39 Å². The van der Waals surface area contributed by atoms with E-state index in [1.54, 1.807) is 0 Å². The van der Waals surface area contributed by atoms with Gasteiger partial charge < -0.3 is 5.73 Å². The fourth-order valence-electron chi connectivity index (χ4n) is 3.52. The van der Waals surface area contributed by atoms with E-state index in [4.69, 9.17) is 5.73 Å². The molecule has 2 aromatic carbocycles. The van der Waals surface area contributed by atoms with E-state index in [0.717, 1.165) is 31.2 Å². The third-order valence-corrected chi connectivity index (χ3v) is 5.22. The quantitative estimate of drug-likeness (QED) is 0.876. The van der Waals surface area contributed by atoms with Crippen LogP contribution in [0.2, 0.25) is 0 Å². The van der Waals surface area contributed by atoms with Crippen LogP contribution < -0.4 is 5.73 Å². The highest BCUT2D eigenvalue weighted by atomic mass is 79.9. The monoisotopic (exact) mass is 347 g/mol. The molecule has 1 aliphatic carbocycles. The second-order valence-corrected chi connectivity index (χ2v) is 6.77. The van der Waals surface area contributed by atoms with E-state index in [0.29, 0.717) is 11.0 Å². The number of rotatable bonds is 3. The molecule has 0 aromatic heterocycles. The number of fused-ring (bicyclic) bond motifs is 1. The molecule has 1 unspecified atom stereocenters. The van der Waals surface area contributed by atoms with Crippen LogP contribution in [0.1, 0.15) is 29.5 Å². The fraction of sp³-hybridized carbons (Fsp3) is 0.333. The highest BCUT2D eigenvalue weighted by Crippen LogP contribution is 2.39. The SMILES string of the molecule is NCC1(Cc2ccc(F)c(Br)c2)CCCc2ccccc21. The minimum Gasteiger partial charge on any atom is -0.330 e. The summed E-state index contributed by atoms with van der Waals surface area (Å²) in [6, 6.07) is 13.9. The van der Waals surface area contributed by atoms with Crippen molar-refractivity contribution in [3.8, 4) is 0 Å². The van der Waals surface area contributed by atoms with Crippen molar-refractivity contribution in [1.82, 2.24) is 0 Å². The van der Waals surface area contributed by atoms with Gasteiger partial charge in [0, 0.05) is 12.0 Å². The lowest BCUT2D eigenvalue weighted by Gasteiger charge is -2.38. The Kier molecular flexibility index (Phi) is 4.14. The molecule has 1 atom stereocenters. The molecular formula is C18H19BrFN. The molecule has 2 N–H and O–H groups in total. The topological polar surface area (TPSA) is 26.0 Å². The van der Waals surface area contributed by atoms with Gasteiger partial charge in [0.1, 0.15) is 5.82 Å². The van der Waals surface area contributed by atoms with E-state index in [1.165, 1.54) is 17.2 Å². The number of benzene rings is 2. The zero-order chi connectivity index (χ0) is 14.9. The molecule has 0 spiro atoms. The van der Waals surface area contributed by atoms with E-state index in [2.05, 4.69) is 40.2 Å². The Balaban J connectivity index is 2.00. The Bertz CT molecular complexity index is 655. The summed E-state index contributed by atoms with van der Waals surface area (Å²) >= 11 is 3.28. The lowest BCUT2D eigenvalue weighted by atomic mass is 9.67. The van der Waals surface area contributed by atoms with Gasteiger partial charge in [0.15, 0.2) is 0 Å². The van der Waals surface area contributed by atoms with Crippen LogP contribution in [-0.2, 0) is 18.3 Å². The molecule has 0 aliphatic heterocycles. The Morgan fingerprint density at radius 1 is 1.19 bits per heavy atom. The van der Waals surface area contributed by atoms with E-state index in [1.807, 2.05) is 12.1 Å². The molecule has 0 radical (unpaired) electrons. The summed E-state index contributed by atoms with van der Waals surface area (Å²) in [7, 11) is 0. The maximum atomic E-state index is 13.4. The number of hydrogen-bond acceptors (Lipinski definition) is 1. The van der Waals surface area contributed by atoms with Crippen LogP contribution in [-0.4, -0.2) is 6.54 Å². The molecule has 0 saturated heterocycles. The molecule has 1 aliphatic rings. The Morgan fingerprint density at radius 3 is 2.76 bits per heavy atom. The minimum absolute atomic E-state index is 0.0217. The van der Waals surface area contributed by atoms with Crippen LogP contribution in [0, 0.1) is 5.82 Å². The van der Waals surface area contributed by atoms with Gasteiger partial charge >= 0.3 is 0 Å². The summed E-state index contributed by atoms with van der Waals surface area (Å²) in [5.74, 6) is -0.218. The van der Waals surface area contributed by atoms with Crippen molar-refractivity contribution in [2.75, 3.05) is 6.54 Å². The van der Waals surface area contributed by atoms with Crippen molar-refractivity contribution < 1.29 is 4.39 Å². The predicted octanol–water partition coefficient (Wildman–Crippen LogP) is 4.36. The normalized spacial score (nSPS) is 21.1. The van der Waals surface area contributed by atoms with Gasteiger partial charge in [-0.15, -0.1) is 0 Å². The van der Waals surface area contributed by atoms with Gasteiger partial charge in [-0.1, -0.05) is 30.3 Å². The first-order chi connectivity index (χ1) is 10.1. The second kappa shape index (κ2) is 5.90. The molecule has 2 aromatic rings. The molecule has 0 saturated carbocycles. The third kappa shape index (κ3) is 2.77. The van der Waals surface area contributed by atoms with Crippen LogP contribution in [0.5, 0.6) is 0 Å². The first-order valence-corrected chi connectivity index (χ1v) is 8.16. The van der Waals surface area contributed by atoms with Crippen LogP contribution in [0.25, 0.3) is 0 Å². The summed E-state index contributed by atoms with van der Waals surface area (Å²) in [6.07, 6.45) is 4.25. The third-order valence-electron chi connectivity index (χ3n) is 4.61. The summed E-state index contributed by atoms with van der Waals surface area (Å²) in [6.45, 7) is 0.624. The van der Waals surface area contributed by atoms with Crippen molar-refractivity contribution in [1.29, 1.82) is 0 Å². The molecular weight excluding hydrogens is 329 g/mol. The molecule has 3 heteroatoms. The smallest absolute Gasteiger partial charge is 0.137 e. The highest BCUT2D eigenvalue weighted by molar-refractivity contribution is 9.10. The zero-order valence-electron chi connectivity index (χ0n) is 11.9. The second-order valence-electron chi connectivity index (χ2n) is 5.92. The van der Waals surface area contributed by atoms with Crippen LogP contribution in [0.4, 0.5) is 4.39 Å². The van der Waals surface area contributed by atoms with Gasteiger partial charge in [-0.25, -0.2) is 4.39 Å². The standard InChI is InChI=1S/C18H19BrFN/c19-16-10-13(7-8-17(16)20)11-18(12-21)9-3-5-14-4-1-2-6-15(14)18/h1-2,4,6-8,10H,3,5,9,11-12,21H2. The predicted molar refractivity (Wildman–Crippen MR) is 87.9 cm³/mol. The molecule has 0 heterocycles. The molecule has 1 nitrogen and oxygen atoms in total. The average Bonchev–Trinajstić information content (AvgIpc) is 2.51. The Labute approximate surface area is 133 Å². The summed E-state index contributed by atoms with van der Waals surface area (Å²) in [4.78, 5) is 0. The average molecular weight is 348 g/mol. The first-order valence-electron chi connectivity index (χ1n) is 7.37. The summed E-state index contributed by atoms with van der Waals surface area (Å²) in [5.41, 5.74) is 10.1. The Hall–Kier alpha value is -1.19. The summed E-state index contributed by atoms with van der Waals surface area (Å²) in [5, 5.41) is 0. The maximum absolute atomic E-state index is 13.4.